The van der Waals surface area contributed by atoms with Gasteiger partial charge in [0.15, 0.2) is 0 Å². The first-order valence-electron chi connectivity index (χ1n) is 8.81. The second kappa shape index (κ2) is 7.78. The Labute approximate surface area is 149 Å². The van der Waals surface area contributed by atoms with E-state index in [9.17, 15) is 0 Å². The molecule has 2 heterocycles. The van der Waals surface area contributed by atoms with Crippen molar-refractivity contribution < 1.29 is 9.47 Å². The van der Waals surface area contributed by atoms with E-state index < -0.39 is 0 Å². The van der Waals surface area contributed by atoms with Crippen molar-refractivity contribution in [2.75, 3.05) is 32.2 Å². The number of hydrogen-bond donors (Lipinski definition) is 1. The quantitative estimate of drug-likeness (QED) is 0.873. The summed E-state index contributed by atoms with van der Waals surface area (Å²) in [5, 5.41) is 8.12. The second-order valence-corrected chi connectivity index (χ2v) is 6.54. The molecule has 0 saturated carbocycles. The number of aromatic nitrogens is 2. The molecule has 0 unspecified atom stereocenters. The largest absolute Gasteiger partial charge is 0.497 e. The summed E-state index contributed by atoms with van der Waals surface area (Å²) in [5.41, 5.74) is 3.42. The number of rotatable bonds is 6. The fraction of sp³-hybridized carbons (Fsp3) is 0.526. The zero-order valence-electron chi connectivity index (χ0n) is 15.6. The van der Waals surface area contributed by atoms with Crippen molar-refractivity contribution in [1.82, 2.24) is 15.1 Å². The molecule has 0 spiro atoms. The van der Waals surface area contributed by atoms with Gasteiger partial charge in [-0.3, -0.25) is 0 Å². The topological polar surface area (TPSA) is 51.5 Å². The lowest BCUT2D eigenvalue weighted by atomic mass is 10.0. The smallest absolute Gasteiger partial charge is 0.216 e. The lowest BCUT2D eigenvalue weighted by Gasteiger charge is -2.34. The molecular formula is C19H28N4O2. The van der Waals surface area contributed by atoms with Gasteiger partial charge in [-0.1, -0.05) is 6.07 Å². The van der Waals surface area contributed by atoms with Crippen LogP contribution in [0.3, 0.4) is 0 Å². The first-order chi connectivity index (χ1) is 12.1. The van der Waals surface area contributed by atoms with E-state index in [1.54, 1.807) is 18.9 Å². The van der Waals surface area contributed by atoms with Crippen molar-refractivity contribution >= 4 is 5.69 Å². The highest BCUT2D eigenvalue weighted by atomic mass is 16.5. The number of benzene rings is 1. The Bertz CT molecular complexity index is 705. The number of hydrogen-bond acceptors (Lipinski definition) is 5. The van der Waals surface area contributed by atoms with Crippen LogP contribution in [0, 0.1) is 6.92 Å². The summed E-state index contributed by atoms with van der Waals surface area (Å²) in [6, 6.07) is 8.82. The van der Waals surface area contributed by atoms with Gasteiger partial charge in [0, 0.05) is 44.5 Å². The number of nitrogens with zero attached hydrogens (tertiary/aromatic N) is 3. The van der Waals surface area contributed by atoms with Gasteiger partial charge in [-0.2, -0.15) is 5.10 Å². The highest BCUT2D eigenvalue weighted by molar-refractivity contribution is 5.51. The average Bonchev–Trinajstić information content (AvgIpc) is 2.92. The summed E-state index contributed by atoms with van der Waals surface area (Å²) in [6.07, 6.45) is 2.25. The Morgan fingerprint density at radius 1 is 1.20 bits per heavy atom. The van der Waals surface area contributed by atoms with Crippen molar-refractivity contribution in [2.24, 2.45) is 7.05 Å². The van der Waals surface area contributed by atoms with Crippen LogP contribution in [0.15, 0.2) is 24.3 Å². The monoisotopic (exact) mass is 344 g/mol. The van der Waals surface area contributed by atoms with Gasteiger partial charge >= 0.3 is 0 Å². The Morgan fingerprint density at radius 2 is 1.96 bits per heavy atom. The molecule has 3 rings (SSSR count). The van der Waals surface area contributed by atoms with Crippen LogP contribution in [0.5, 0.6) is 11.6 Å². The number of anilines is 1. The fourth-order valence-corrected chi connectivity index (χ4v) is 3.54. The van der Waals surface area contributed by atoms with E-state index in [0.29, 0.717) is 6.04 Å². The van der Waals surface area contributed by atoms with Gasteiger partial charge in [-0.15, -0.1) is 0 Å². The summed E-state index contributed by atoms with van der Waals surface area (Å²) in [6.45, 7) is 4.93. The lowest BCUT2D eigenvalue weighted by Crippen LogP contribution is -2.42. The molecule has 1 fully saturated rings. The van der Waals surface area contributed by atoms with E-state index in [4.69, 9.17) is 9.47 Å². The van der Waals surface area contributed by atoms with Crippen LogP contribution in [-0.2, 0) is 13.6 Å². The van der Waals surface area contributed by atoms with Gasteiger partial charge in [0.25, 0.3) is 0 Å². The third-order valence-corrected chi connectivity index (χ3v) is 4.96. The van der Waals surface area contributed by atoms with E-state index in [1.165, 1.54) is 5.69 Å². The van der Waals surface area contributed by atoms with Crippen LogP contribution in [-0.4, -0.2) is 43.1 Å². The zero-order valence-corrected chi connectivity index (χ0v) is 15.6. The summed E-state index contributed by atoms with van der Waals surface area (Å²) in [5.74, 6) is 1.76. The normalized spacial score (nSPS) is 15.4. The molecule has 6 heteroatoms. The molecule has 1 aromatic carbocycles. The number of methoxy groups -OCH3 is 2. The number of piperidine rings is 1. The van der Waals surface area contributed by atoms with Gasteiger partial charge in [0.1, 0.15) is 5.75 Å². The molecule has 1 saturated heterocycles. The van der Waals surface area contributed by atoms with Crippen molar-refractivity contribution in [2.45, 2.75) is 32.4 Å². The van der Waals surface area contributed by atoms with Crippen LogP contribution < -0.4 is 19.7 Å². The van der Waals surface area contributed by atoms with Crippen molar-refractivity contribution in [3.63, 3.8) is 0 Å². The summed E-state index contributed by atoms with van der Waals surface area (Å²) in [4.78, 5) is 2.43. The van der Waals surface area contributed by atoms with Gasteiger partial charge in [-0.05, 0) is 31.9 Å². The van der Waals surface area contributed by atoms with Gasteiger partial charge in [-0.25, -0.2) is 4.68 Å². The van der Waals surface area contributed by atoms with Gasteiger partial charge in [0.2, 0.25) is 5.88 Å². The van der Waals surface area contributed by atoms with E-state index in [0.717, 1.165) is 55.4 Å². The van der Waals surface area contributed by atoms with E-state index in [-0.39, 0.29) is 0 Å². The first kappa shape index (κ1) is 17.6. The second-order valence-electron chi connectivity index (χ2n) is 6.54. The maximum atomic E-state index is 5.47. The number of ether oxygens (including phenoxy) is 2. The average molecular weight is 344 g/mol. The molecule has 1 aliphatic heterocycles. The molecule has 0 atom stereocenters. The van der Waals surface area contributed by atoms with E-state index in [1.807, 2.05) is 20.0 Å². The SMILES string of the molecule is COc1cccc(N2CCC(NCc3c(C)nn(C)c3OC)CC2)c1. The predicted octanol–water partition coefficient (Wildman–Crippen LogP) is 2.50. The van der Waals surface area contributed by atoms with Crippen LogP contribution in [0.4, 0.5) is 5.69 Å². The van der Waals surface area contributed by atoms with E-state index >= 15 is 0 Å². The summed E-state index contributed by atoms with van der Waals surface area (Å²) >= 11 is 0. The van der Waals surface area contributed by atoms with Gasteiger partial charge < -0.3 is 19.7 Å². The molecule has 1 aliphatic rings. The molecule has 0 bridgehead atoms. The van der Waals surface area contributed by atoms with Crippen molar-refractivity contribution in [3.05, 3.63) is 35.5 Å². The zero-order chi connectivity index (χ0) is 17.8. The Hall–Kier alpha value is -2.21. The molecule has 1 N–H and O–H groups in total. The minimum Gasteiger partial charge on any atom is -0.497 e. The first-order valence-corrected chi connectivity index (χ1v) is 8.81. The minimum absolute atomic E-state index is 0.520. The molecule has 1 aromatic heterocycles. The lowest BCUT2D eigenvalue weighted by molar-refractivity contribution is 0.362. The third-order valence-electron chi connectivity index (χ3n) is 4.96. The van der Waals surface area contributed by atoms with Crippen LogP contribution >= 0.6 is 0 Å². The standard InChI is InChI=1S/C19H28N4O2/c1-14-18(19(25-4)22(2)21-14)13-20-15-8-10-23(11-9-15)16-6-5-7-17(12-16)24-3/h5-7,12,15,20H,8-11,13H2,1-4H3. The van der Waals surface area contributed by atoms with E-state index in [2.05, 4.69) is 33.5 Å². The molecule has 25 heavy (non-hydrogen) atoms. The van der Waals surface area contributed by atoms with Crippen LogP contribution in [0.2, 0.25) is 0 Å². The minimum atomic E-state index is 0.520. The van der Waals surface area contributed by atoms with Crippen LogP contribution in [0.1, 0.15) is 24.1 Å². The molecule has 0 amide bonds. The maximum absolute atomic E-state index is 5.47. The third kappa shape index (κ3) is 3.90. The fourth-order valence-electron chi connectivity index (χ4n) is 3.54. The van der Waals surface area contributed by atoms with Crippen molar-refractivity contribution in [1.29, 1.82) is 0 Å². The highest BCUT2D eigenvalue weighted by Crippen LogP contribution is 2.25. The molecule has 2 aromatic rings. The molecule has 0 radical (unpaired) electrons. The van der Waals surface area contributed by atoms with Gasteiger partial charge in [0.05, 0.1) is 25.5 Å². The van der Waals surface area contributed by atoms with Crippen molar-refractivity contribution in [3.8, 4) is 11.6 Å². The van der Waals surface area contributed by atoms with Crippen LogP contribution in [0.25, 0.3) is 0 Å². The predicted molar refractivity (Wildman–Crippen MR) is 99.6 cm³/mol. The summed E-state index contributed by atoms with van der Waals surface area (Å²) in [7, 11) is 5.33. The Morgan fingerprint density at radius 3 is 2.64 bits per heavy atom. The Kier molecular flexibility index (Phi) is 5.48. The highest BCUT2D eigenvalue weighted by Gasteiger charge is 2.21. The number of aryl methyl sites for hydroxylation is 2. The molecule has 136 valence electrons. The maximum Gasteiger partial charge on any atom is 0.216 e. The molecular weight excluding hydrogens is 316 g/mol. The number of nitrogens with one attached hydrogen (secondary N) is 1. The Balaban J connectivity index is 1.54. The molecule has 6 nitrogen and oxygen atoms in total. The summed E-state index contributed by atoms with van der Waals surface area (Å²) < 4.78 is 12.6. The molecule has 0 aliphatic carbocycles.